The van der Waals surface area contributed by atoms with Gasteiger partial charge in [0.2, 0.25) is 5.91 Å². The Morgan fingerprint density at radius 1 is 1.04 bits per heavy atom. The molecule has 0 bridgehead atoms. The number of nitrogens with one attached hydrogen (secondary N) is 1. The third kappa shape index (κ3) is 4.57. The number of nitrogens with zero attached hydrogens (tertiary/aromatic N) is 2. The highest BCUT2D eigenvalue weighted by Gasteiger charge is 2.07. The number of hydrogen-bond donors (Lipinski definition) is 1. The van der Waals surface area contributed by atoms with Crippen LogP contribution in [-0.4, -0.2) is 21.6 Å². The van der Waals surface area contributed by atoms with Crippen molar-refractivity contribution < 1.29 is 4.79 Å². The molecular formula is C20H21N3OS. The molecule has 4 nitrogen and oxygen atoms in total. The van der Waals surface area contributed by atoms with Crippen molar-refractivity contribution in [3.05, 3.63) is 65.5 Å². The van der Waals surface area contributed by atoms with Gasteiger partial charge in [0.25, 0.3) is 0 Å². The summed E-state index contributed by atoms with van der Waals surface area (Å²) in [7, 11) is 0. The first-order valence-electron chi connectivity index (χ1n) is 8.34. The molecule has 0 fully saturated rings. The number of thioether (sulfide) groups is 1. The van der Waals surface area contributed by atoms with Crippen LogP contribution >= 0.6 is 11.8 Å². The van der Waals surface area contributed by atoms with Gasteiger partial charge in [-0.15, -0.1) is 11.8 Å². The number of anilines is 1. The van der Waals surface area contributed by atoms with Crippen molar-refractivity contribution in [2.24, 2.45) is 0 Å². The number of hydrogen-bond acceptors (Lipinski definition) is 4. The van der Waals surface area contributed by atoms with Gasteiger partial charge in [0.15, 0.2) is 0 Å². The van der Waals surface area contributed by atoms with E-state index in [0.29, 0.717) is 11.5 Å². The lowest BCUT2D eigenvalue weighted by Gasteiger charge is -2.08. The summed E-state index contributed by atoms with van der Waals surface area (Å²) >= 11 is 1.55. The number of benzene rings is 2. The van der Waals surface area contributed by atoms with Crippen molar-refractivity contribution in [1.29, 1.82) is 0 Å². The van der Waals surface area contributed by atoms with E-state index >= 15 is 0 Å². The average molecular weight is 351 g/mol. The number of aryl methyl sites for hydroxylation is 2. The Morgan fingerprint density at radius 3 is 2.40 bits per heavy atom. The van der Waals surface area contributed by atoms with Crippen LogP contribution in [-0.2, 0) is 17.0 Å². The van der Waals surface area contributed by atoms with Gasteiger partial charge < -0.3 is 5.32 Å². The van der Waals surface area contributed by atoms with E-state index in [4.69, 9.17) is 0 Å². The molecule has 0 aliphatic rings. The van der Waals surface area contributed by atoms with Crippen LogP contribution in [0.25, 0.3) is 11.0 Å². The smallest absolute Gasteiger partial charge is 0.234 e. The number of carbonyl (C=O) groups is 1. The standard InChI is InChI=1S/C20H21N3OS/c1-3-15-8-10-16(11-9-15)22-20(24)13-25-12-19-14(2)21-17-6-4-5-7-18(17)23-19/h4-11H,3,12-13H2,1-2H3,(H,22,24). The van der Waals surface area contributed by atoms with Gasteiger partial charge in [-0.3, -0.25) is 4.79 Å². The maximum Gasteiger partial charge on any atom is 0.234 e. The van der Waals surface area contributed by atoms with Gasteiger partial charge in [-0.2, -0.15) is 0 Å². The first kappa shape index (κ1) is 17.4. The van der Waals surface area contributed by atoms with E-state index in [-0.39, 0.29) is 5.91 Å². The highest BCUT2D eigenvalue weighted by atomic mass is 32.2. The molecule has 3 rings (SSSR count). The van der Waals surface area contributed by atoms with Gasteiger partial charge in [-0.1, -0.05) is 31.2 Å². The third-order valence-electron chi connectivity index (χ3n) is 3.96. The van der Waals surface area contributed by atoms with E-state index in [1.807, 2.05) is 55.5 Å². The predicted octanol–water partition coefficient (Wildman–Crippen LogP) is 4.37. The predicted molar refractivity (Wildman–Crippen MR) is 105 cm³/mol. The molecule has 0 saturated carbocycles. The van der Waals surface area contributed by atoms with Crippen LogP contribution in [0.2, 0.25) is 0 Å². The maximum atomic E-state index is 12.1. The molecule has 0 aliphatic carbocycles. The van der Waals surface area contributed by atoms with E-state index in [1.165, 1.54) is 5.56 Å². The van der Waals surface area contributed by atoms with Gasteiger partial charge in [0, 0.05) is 11.4 Å². The molecule has 0 saturated heterocycles. The summed E-state index contributed by atoms with van der Waals surface area (Å²) in [6.45, 7) is 4.08. The van der Waals surface area contributed by atoms with E-state index in [0.717, 1.165) is 34.5 Å². The fourth-order valence-electron chi connectivity index (χ4n) is 2.52. The molecule has 0 atom stereocenters. The topological polar surface area (TPSA) is 54.9 Å². The summed E-state index contributed by atoms with van der Waals surface area (Å²) in [6.07, 6.45) is 0.996. The van der Waals surface area contributed by atoms with Gasteiger partial charge in [-0.25, -0.2) is 9.97 Å². The van der Waals surface area contributed by atoms with Crippen molar-refractivity contribution >= 4 is 34.4 Å². The molecule has 5 heteroatoms. The lowest BCUT2D eigenvalue weighted by molar-refractivity contribution is -0.113. The van der Waals surface area contributed by atoms with Crippen LogP contribution in [0.3, 0.4) is 0 Å². The Kier molecular flexibility index (Phi) is 5.66. The second-order valence-electron chi connectivity index (χ2n) is 5.84. The van der Waals surface area contributed by atoms with Crippen molar-refractivity contribution in [3.63, 3.8) is 0 Å². The number of carbonyl (C=O) groups excluding carboxylic acids is 1. The van der Waals surface area contributed by atoms with E-state index in [9.17, 15) is 4.79 Å². The minimum Gasteiger partial charge on any atom is -0.325 e. The first-order valence-corrected chi connectivity index (χ1v) is 9.50. The molecule has 1 aromatic heterocycles. The van der Waals surface area contributed by atoms with Gasteiger partial charge >= 0.3 is 0 Å². The van der Waals surface area contributed by atoms with Gasteiger partial charge in [0.05, 0.1) is 28.2 Å². The third-order valence-corrected chi connectivity index (χ3v) is 4.90. The molecule has 0 radical (unpaired) electrons. The Morgan fingerprint density at radius 2 is 1.72 bits per heavy atom. The van der Waals surface area contributed by atoms with E-state index < -0.39 is 0 Å². The summed E-state index contributed by atoms with van der Waals surface area (Å²) in [5, 5.41) is 2.93. The fourth-order valence-corrected chi connectivity index (χ4v) is 3.35. The van der Waals surface area contributed by atoms with Crippen LogP contribution in [0.1, 0.15) is 23.9 Å². The molecule has 0 spiro atoms. The van der Waals surface area contributed by atoms with Crippen molar-refractivity contribution in [2.45, 2.75) is 26.0 Å². The highest BCUT2D eigenvalue weighted by Crippen LogP contribution is 2.18. The SMILES string of the molecule is CCc1ccc(NC(=O)CSCc2nc3ccccc3nc2C)cc1. The number of para-hydroxylation sites is 2. The summed E-state index contributed by atoms with van der Waals surface area (Å²) in [6, 6.07) is 15.8. The summed E-state index contributed by atoms with van der Waals surface area (Å²) < 4.78 is 0. The van der Waals surface area contributed by atoms with E-state index in [2.05, 4.69) is 22.2 Å². The monoisotopic (exact) mass is 351 g/mol. The molecule has 0 unspecified atom stereocenters. The Balaban J connectivity index is 1.55. The largest absolute Gasteiger partial charge is 0.325 e. The summed E-state index contributed by atoms with van der Waals surface area (Å²) in [5.74, 6) is 1.07. The highest BCUT2D eigenvalue weighted by molar-refractivity contribution is 7.99. The van der Waals surface area contributed by atoms with Crippen molar-refractivity contribution in [1.82, 2.24) is 9.97 Å². The van der Waals surface area contributed by atoms with Crippen molar-refractivity contribution in [2.75, 3.05) is 11.1 Å². The minimum absolute atomic E-state index is 0.000602. The van der Waals surface area contributed by atoms with Crippen molar-refractivity contribution in [3.8, 4) is 0 Å². The molecule has 3 aromatic rings. The normalized spacial score (nSPS) is 10.8. The Labute approximate surface area is 152 Å². The molecular weight excluding hydrogens is 330 g/mol. The van der Waals surface area contributed by atoms with Crippen LogP contribution in [0, 0.1) is 6.92 Å². The zero-order valence-corrected chi connectivity index (χ0v) is 15.3. The number of aromatic nitrogens is 2. The molecule has 0 aliphatic heterocycles. The number of fused-ring (bicyclic) bond motifs is 1. The second-order valence-corrected chi connectivity index (χ2v) is 6.82. The maximum absolute atomic E-state index is 12.1. The first-order chi connectivity index (χ1) is 12.2. The van der Waals surface area contributed by atoms with Crippen LogP contribution in [0.4, 0.5) is 5.69 Å². The molecule has 25 heavy (non-hydrogen) atoms. The lowest BCUT2D eigenvalue weighted by Crippen LogP contribution is -2.14. The van der Waals surface area contributed by atoms with Gasteiger partial charge in [0.1, 0.15) is 0 Å². The Hall–Kier alpha value is -2.40. The molecule has 1 heterocycles. The number of rotatable bonds is 6. The number of amides is 1. The summed E-state index contributed by atoms with van der Waals surface area (Å²) in [4.78, 5) is 21.3. The zero-order valence-electron chi connectivity index (χ0n) is 14.5. The van der Waals surface area contributed by atoms with Gasteiger partial charge in [-0.05, 0) is 43.2 Å². The van der Waals surface area contributed by atoms with Crippen LogP contribution < -0.4 is 5.32 Å². The van der Waals surface area contributed by atoms with E-state index in [1.54, 1.807) is 11.8 Å². The summed E-state index contributed by atoms with van der Waals surface area (Å²) in [5.41, 5.74) is 5.75. The Bertz CT molecular complexity index is 878. The molecule has 1 amide bonds. The van der Waals surface area contributed by atoms with Crippen LogP contribution in [0.15, 0.2) is 48.5 Å². The molecule has 2 aromatic carbocycles. The second kappa shape index (κ2) is 8.12. The molecule has 1 N–H and O–H groups in total. The van der Waals surface area contributed by atoms with Crippen LogP contribution in [0.5, 0.6) is 0 Å². The quantitative estimate of drug-likeness (QED) is 0.716. The molecule has 128 valence electrons. The minimum atomic E-state index is 0.000602. The lowest BCUT2D eigenvalue weighted by atomic mass is 10.1. The fraction of sp³-hybridized carbons (Fsp3) is 0.250. The average Bonchev–Trinajstić information content (AvgIpc) is 2.63. The zero-order chi connectivity index (χ0) is 17.6.